The van der Waals surface area contributed by atoms with Gasteiger partial charge in [0, 0.05) is 5.69 Å². The highest BCUT2D eigenvalue weighted by Crippen LogP contribution is 2.23. The monoisotopic (exact) mass is 253 g/mol. The topological polar surface area (TPSA) is 38.3 Å². The summed E-state index contributed by atoms with van der Waals surface area (Å²) in [6.07, 6.45) is 1.45. The first-order chi connectivity index (χ1) is 8.41. The molecule has 1 aromatic carbocycles. The van der Waals surface area contributed by atoms with Gasteiger partial charge in [-0.1, -0.05) is 13.3 Å². The van der Waals surface area contributed by atoms with Gasteiger partial charge in [-0.15, -0.1) is 0 Å². The van der Waals surface area contributed by atoms with E-state index in [1.54, 1.807) is 13.0 Å². The normalized spacial score (nSPS) is 13.8. The maximum atomic E-state index is 13.3. The molecule has 18 heavy (non-hydrogen) atoms. The van der Waals surface area contributed by atoms with Crippen LogP contribution in [-0.2, 0) is 9.53 Å². The fraction of sp³-hybridized carbons (Fsp3) is 0.500. The van der Waals surface area contributed by atoms with E-state index < -0.39 is 5.54 Å². The van der Waals surface area contributed by atoms with Crippen LogP contribution in [0.2, 0.25) is 0 Å². The van der Waals surface area contributed by atoms with Crippen LogP contribution in [-0.4, -0.2) is 18.6 Å². The molecule has 0 heterocycles. The molecule has 0 aliphatic heterocycles. The Morgan fingerprint density at radius 3 is 2.61 bits per heavy atom. The van der Waals surface area contributed by atoms with Gasteiger partial charge < -0.3 is 10.1 Å². The molecule has 100 valence electrons. The molecule has 0 bridgehead atoms. The molecular formula is C14H20FNO2. The van der Waals surface area contributed by atoms with Crippen LogP contribution in [0.4, 0.5) is 10.1 Å². The fourth-order valence-electron chi connectivity index (χ4n) is 2.07. The van der Waals surface area contributed by atoms with Crippen LogP contribution in [0.15, 0.2) is 18.2 Å². The summed E-state index contributed by atoms with van der Waals surface area (Å²) in [4.78, 5) is 11.8. The van der Waals surface area contributed by atoms with Gasteiger partial charge in [-0.25, -0.2) is 9.18 Å². The number of anilines is 1. The van der Waals surface area contributed by atoms with Gasteiger partial charge in [0.1, 0.15) is 11.4 Å². The largest absolute Gasteiger partial charge is 0.467 e. The molecule has 0 aromatic heterocycles. The van der Waals surface area contributed by atoms with Crippen LogP contribution in [0.5, 0.6) is 0 Å². The van der Waals surface area contributed by atoms with Crippen LogP contribution < -0.4 is 5.32 Å². The lowest BCUT2D eigenvalue weighted by atomic mass is 9.95. The first-order valence-corrected chi connectivity index (χ1v) is 6.05. The lowest BCUT2D eigenvalue weighted by molar-refractivity contribution is -0.145. The number of carbonyl (C=O) groups is 1. The predicted molar refractivity (Wildman–Crippen MR) is 70.1 cm³/mol. The molecular weight excluding hydrogens is 233 g/mol. The number of hydrogen-bond donors (Lipinski definition) is 1. The average molecular weight is 253 g/mol. The third-order valence-electron chi connectivity index (χ3n) is 2.85. The second-order valence-electron chi connectivity index (χ2n) is 4.72. The van der Waals surface area contributed by atoms with Crippen molar-refractivity contribution in [2.45, 2.75) is 39.2 Å². The van der Waals surface area contributed by atoms with Gasteiger partial charge >= 0.3 is 5.97 Å². The summed E-state index contributed by atoms with van der Waals surface area (Å²) >= 11 is 0. The molecule has 0 spiro atoms. The maximum Gasteiger partial charge on any atom is 0.331 e. The van der Waals surface area contributed by atoms with E-state index in [4.69, 9.17) is 4.74 Å². The van der Waals surface area contributed by atoms with Crippen molar-refractivity contribution in [2.24, 2.45) is 0 Å². The highest BCUT2D eigenvalue weighted by molar-refractivity contribution is 5.84. The fourth-order valence-corrected chi connectivity index (χ4v) is 2.07. The first kappa shape index (κ1) is 14.5. The minimum absolute atomic E-state index is 0.318. The van der Waals surface area contributed by atoms with Crippen molar-refractivity contribution in [1.82, 2.24) is 0 Å². The van der Waals surface area contributed by atoms with E-state index >= 15 is 0 Å². The zero-order valence-corrected chi connectivity index (χ0v) is 11.3. The zero-order valence-electron chi connectivity index (χ0n) is 11.3. The molecule has 0 radical (unpaired) electrons. The number of halogens is 1. The van der Waals surface area contributed by atoms with E-state index in [-0.39, 0.29) is 11.8 Å². The second-order valence-corrected chi connectivity index (χ2v) is 4.72. The predicted octanol–water partition coefficient (Wildman–Crippen LogP) is 3.28. The Bertz CT molecular complexity index is 414. The first-order valence-electron chi connectivity index (χ1n) is 6.05. The lowest BCUT2D eigenvalue weighted by Crippen LogP contribution is -2.44. The molecule has 4 heteroatoms. The molecule has 0 aliphatic rings. The van der Waals surface area contributed by atoms with Crippen LogP contribution in [0, 0.1) is 12.7 Å². The Morgan fingerprint density at radius 1 is 1.44 bits per heavy atom. The number of ether oxygens (including phenoxy) is 1. The summed E-state index contributed by atoms with van der Waals surface area (Å²) in [5, 5.41) is 3.07. The molecule has 0 aliphatic carbocycles. The molecule has 1 N–H and O–H groups in total. The summed E-state index contributed by atoms with van der Waals surface area (Å²) in [6, 6.07) is 4.63. The van der Waals surface area contributed by atoms with Gasteiger partial charge in [0.05, 0.1) is 7.11 Å². The number of esters is 1. The van der Waals surface area contributed by atoms with Crippen molar-refractivity contribution in [2.75, 3.05) is 12.4 Å². The quantitative estimate of drug-likeness (QED) is 0.818. The zero-order chi connectivity index (χ0) is 13.8. The third kappa shape index (κ3) is 3.45. The van der Waals surface area contributed by atoms with Gasteiger partial charge in [-0.2, -0.15) is 0 Å². The van der Waals surface area contributed by atoms with Gasteiger partial charge in [0.15, 0.2) is 0 Å². The second kappa shape index (κ2) is 5.85. The highest BCUT2D eigenvalue weighted by Gasteiger charge is 2.33. The summed E-state index contributed by atoms with van der Waals surface area (Å²) in [5.74, 6) is -0.660. The molecule has 0 amide bonds. The van der Waals surface area contributed by atoms with Crippen molar-refractivity contribution in [3.63, 3.8) is 0 Å². The minimum Gasteiger partial charge on any atom is -0.467 e. The van der Waals surface area contributed by atoms with Crippen LogP contribution in [0.3, 0.4) is 0 Å². The molecule has 3 nitrogen and oxygen atoms in total. The summed E-state index contributed by atoms with van der Waals surface area (Å²) < 4.78 is 18.1. The Morgan fingerprint density at radius 2 is 2.11 bits per heavy atom. The molecule has 1 unspecified atom stereocenters. The number of carbonyl (C=O) groups excluding carboxylic acids is 1. The van der Waals surface area contributed by atoms with Crippen molar-refractivity contribution < 1.29 is 13.9 Å². The number of benzene rings is 1. The maximum absolute atomic E-state index is 13.3. The Hall–Kier alpha value is -1.58. The lowest BCUT2D eigenvalue weighted by Gasteiger charge is -2.28. The van der Waals surface area contributed by atoms with Crippen molar-refractivity contribution in [1.29, 1.82) is 0 Å². The molecule has 1 rings (SSSR count). The number of rotatable bonds is 5. The number of hydrogen-bond acceptors (Lipinski definition) is 3. The SMILES string of the molecule is CCCC(C)(Nc1cc(C)cc(F)c1)C(=O)OC. The van der Waals surface area contributed by atoms with Crippen molar-refractivity contribution >= 4 is 11.7 Å². The van der Waals surface area contributed by atoms with Crippen LogP contribution in [0.25, 0.3) is 0 Å². The van der Waals surface area contributed by atoms with Crippen molar-refractivity contribution in [3.8, 4) is 0 Å². The number of methoxy groups -OCH3 is 1. The van der Waals surface area contributed by atoms with E-state index in [1.807, 2.05) is 13.8 Å². The number of aryl methyl sites for hydroxylation is 1. The standard InChI is InChI=1S/C14H20FNO2/c1-5-6-14(3,13(17)18-4)16-12-8-10(2)7-11(15)9-12/h7-9,16H,5-6H2,1-4H3. The highest BCUT2D eigenvalue weighted by atomic mass is 19.1. The van der Waals surface area contributed by atoms with Gasteiger partial charge in [0.25, 0.3) is 0 Å². The van der Waals surface area contributed by atoms with Gasteiger partial charge in [0.2, 0.25) is 0 Å². The summed E-state index contributed by atoms with van der Waals surface area (Å²) in [6.45, 7) is 5.56. The van der Waals surface area contributed by atoms with E-state index in [0.29, 0.717) is 12.1 Å². The van der Waals surface area contributed by atoms with E-state index in [1.165, 1.54) is 19.2 Å². The van der Waals surface area contributed by atoms with Gasteiger partial charge in [-0.05, 0) is 44.0 Å². The molecule has 0 saturated carbocycles. The van der Waals surface area contributed by atoms with Crippen molar-refractivity contribution in [3.05, 3.63) is 29.6 Å². The van der Waals surface area contributed by atoms with Gasteiger partial charge in [-0.3, -0.25) is 0 Å². The molecule has 0 saturated heterocycles. The number of nitrogens with one attached hydrogen (secondary N) is 1. The third-order valence-corrected chi connectivity index (χ3v) is 2.85. The van der Waals surface area contributed by atoms with E-state index in [2.05, 4.69) is 5.32 Å². The van der Waals surface area contributed by atoms with Crippen LogP contribution >= 0.6 is 0 Å². The molecule has 1 atom stereocenters. The summed E-state index contributed by atoms with van der Waals surface area (Å²) in [7, 11) is 1.36. The van der Waals surface area contributed by atoms with E-state index in [9.17, 15) is 9.18 Å². The Labute approximate surface area is 107 Å². The Balaban J connectivity index is 2.99. The minimum atomic E-state index is -0.830. The average Bonchev–Trinajstić information content (AvgIpc) is 2.26. The summed E-state index contributed by atoms with van der Waals surface area (Å²) in [5.41, 5.74) is 0.569. The molecule has 0 fully saturated rings. The van der Waals surface area contributed by atoms with Crippen LogP contribution in [0.1, 0.15) is 32.3 Å². The van der Waals surface area contributed by atoms with E-state index in [0.717, 1.165) is 12.0 Å². The molecule has 1 aromatic rings. The smallest absolute Gasteiger partial charge is 0.331 e. The Kier molecular flexibility index (Phi) is 4.70.